The van der Waals surface area contributed by atoms with Gasteiger partial charge in [0, 0.05) is 12.2 Å². The molecule has 2 rings (SSSR count). The first-order valence-electron chi connectivity index (χ1n) is 8.71. The van der Waals surface area contributed by atoms with Crippen LogP contribution in [0, 0.1) is 11.8 Å². The molecule has 1 atom stereocenters. The van der Waals surface area contributed by atoms with Crippen molar-refractivity contribution < 1.29 is 19.4 Å². The van der Waals surface area contributed by atoms with Crippen LogP contribution in [0.1, 0.15) is 57.7 Å². The van der Waals surface area contributed by atoms with Crippen LogP contribution in [-0.2, 0) is 4.74 Å². The zero-order valence-corrected chi connectivity index (χ0v) is 16.6. The molecule has 0 bridgehead atoms. The van der Waals surface area contributed by atoms with Gasteiger partial charge in [-0.1, -0.05) is 23.4 Å². The number of amides is 2. The molecular weight excluding hydrogens is 370 g/mol. The summed E-state index contributed by atoms with van der Waals surface area (Å²) in [5.74, 6) is 5.50. The Bertz CT molecular complexity index is 775. The molecule has 146 valence electrons. The highest BCUT2D eigenvalue weighted by atomic mass is 35.5. The van der Waals surface area contributed by atoms with Crippen molar-refractivity contribution in [1.82, 2.24) is 15.2 Å². The van der Waals surface area contributed by atoms with E-state index in [1.165, 1.54) is 0 Å². The first kappa shape index (κ1) is 20.8. The molecule has 27 heavy (non-hydrogen) atoms. The van der Waals surface area contributed by atoms with Gasteiger partial charge < -0.3 is 15.2 Å². The number of pyridine rings is 1. The number of carbonyl (C=O) groups excluding carboxylic acids is 1. The van der Waals surface area contributed by atoms with Crippen LogP contribution in [0.2, 0.25) is 5.15 Å². The molecule has 0 aliphatic heterocycles. The van der Waals surface area contributed by atoms with Gasteiger partial charge in [0.1, 0.15) is 10.8 Å². The minimum Gasteiger partial charge on any atom is -0.465 e. The summed E-state index contributed by atoms with van der Waals surface area (Å²) in [6.07, 6.45) is 2.00. The van der Waals surface area contributed by atoms with Crippen LogP contribution in [0.3, 0.4) is 0 Å². The molecule has 1 aromatic rings. The number of aromatic nitrogens is 1. The smallest absolute Gasteiger partial charge is 0.411 e. The summed E-state index contributed by atoms with van der Waals surface area (Å²) in [5, 5.41) is 11.0. The van der Waals surface area contributed by atoms with Gasteiger partial charge in [-0.25, -0.2) is 14.6 Å². The van der Waals surface area contributed by atoms with Gasteiger partial charge in [0.05, 0.1) is 18.2 Å². The zero-order chi connectivity index (χ0) is 20.2. The van der Waals surface area contributed by atoms with Crippen molar-refractivity contribution in [1.29, 1.82) is 0 Å². The van der Waals surface area contributed by atoms with Crippen LogP contribution >= 0.6 is 11.6 Å². The molecular formula is C19H24ClN3O4. The molecule has 0 saturated heterocycles. The standard InChI is InChI=1S/C19H24ClN3O4/c1-12(23(15-7-8-15)18(26)27-19(2,3)4)14-10-13(16(20)22-11-14)6-5-9-21-17(24)25/h10-12,15,21H,7-9H2,1-4H3,(H,24,25). The Balaban J connectivity index is 2.20. The van der Waals surface area contributed by atoms with Crippen molar-refractivity contribution in [2.75, 3.05) is 6.54 Å². The summed E-state index contributed by atoms with van der Waals surface area (Å²) < 4.78 is 5.55. The molecule has 1 aliphatic rings. The molecule has 2 N–H and O–H groups in total. The number of halogens is 1. The Kier molecular flexibility index (Phi) is 6.55. The Morgan fingerprint density at radius 3 is 2.70 bits per heavy atom. The number of hydrogen-bond acceptors (Lipinski definition) is 4. The minimum atomic E-state index is -1.15. The van der Waals surface area contributed by atoms with Crippen molar-refractivity contribution >= 4 is 23.8 Å². The third kappa shape index (κ3) is 6.33. The maximum atomic E-state index is 12.6. The summed E-state index contributed by atoms with van der Waals surface area (Å²) in [4.78, 5) is 29.0. The average molecular weight is 394 g/mol. The summed E-state index contributed by atoms with van der Waals surface area (Å²) in [7, 11) is 0. The number of carboxylic acid groups (broad SMARTS) is 1. The minimum absolute atomic E-state index is 0.0163. The monoisotopic (exact) mass is 393 g/mol. The Hall–Kier alpha value is -2.46. The molecule has 1 saturated carbocycles. The van der Waals surface area contributed by atoms with Gasteiger partial charge in [-0.05, 0) is 52.2 Å². The molecule has 2 amide bonds. The predicted molar refractivity (Wildman–Crippen MR) is 102 cm³/mol. The van der Waals surface area contributed by atoms with Gasteiger partial charge in [0.25, 0.3) is 0 Å². The third-order valence-corrected chi connectivity index (χ3v) is 4.16. The SMILES string of the molecule is CC(c1cnc(Cl)c(C#CCNC(=O)O)c1)N(C(=O)OC(C)(C)C)C1CC1. The van der Waals surface area contributed by atoms with Gasteiger partial charge in [0.15, 0.2) is 0 Å². The van der Waals surface area contributed by atoms with Gasteiger partial charge in [-0.3, -0.25) is 4.90 Å². The molecule has 0 spiro atoms. The van der Waals surface area contributed by atoms with Crippen LogP contribution < -0.4 is 5.32 Å². The van der Waals surface area contributed by atoms with Gasteiger partial charge in [0.2, 0.25) is 0 Å². The lowest BCUT2D eigenvalue weighted by atomic mass is 10.1. The third-order valence-electron chi connectivity index (χ3n) is 3.86. The van der Waals surface area contributed by atoms with Crippen molar-refractivity contribution in [3.8, 4) is 11.8 Å². The molecule has 0 radical (unpaired) electrons. The summed E-state index contributed by atoms with van der Waals surface area (Å²) in [5.41, 5.74) is 0.691. The second-order valence-corrected chi connectivity index (χ2v) is 7.72. The number of hydrogen-bond donors (Lipinski definition) is 2. The fraction of sp³-hybridized carbons (Fsp3) is 0.526. The second kappa shape index (κ2) is 8.49. The predicted octanol–water partition coefficient (Wildman–Crippen LogP) is 3.81. The van der Waals surface area contributed by atoms with E-state index in [0.717, 1.165) is 18.4 Å². The van der Waals surface area contributed by atoms with E-state index < -0.39 is 11.7 Å². The zero-order valence-electron chi connectivity index (χ0n) is 15.9. The van der Waals surface area contributed by atoms with Gasteiger partial charge >= 0.3 is 12.2 Å². The fourth-order valence-electron chi connectivity index (χ4n) is 2.49. The summed E-state index contributed by atoms with van der Waals surface area (Å²) in [6, 6.07) is 1.67. The lowest BCUT2D eigenvalue weighted by Crippen LogP contribution is -2.39. The van der Waals surface area contributed by atoms with E-state index >= 15 is 0 Å². The van der Waals surface area contributed by atoms with Crippen molar-refractivity contribution in [3.63, 3.8) is 0 Å². The summed E-state index contributed by atoms with van der Waals surface area (Å²) in [6.45, 7) is 7.41. The molecule has 1 aliphatic carbocycles. The molecule has 1 unspecified atom stereocenters. The quantitative estimate of drug-likeness (QED) is 0.599. The normalized spacial score (nSPS) is 14.6. The molecule has 1 aromatic heterocycles. The highest BCUT2D eigenvalue weighted by molar-refractivity contribution is 6.30. The molecule has 7 nitrogen and oxygen atoms in total. The molecule has 1 heterocycles. The molecule has 1 fully saturated rings. The largest absolute Gasteiger partial charge is 0.465 e. The Morgan fingerprint density at radius 1 is 1.48 bits per heavy atom. The number of nitrogens with one attached hydrogen (secondary N) is 1. The molecule has 0 aromatic carbocycles. The van der Waals surface area contributed by atoms with E-state index in [4.69, 9.17) is 21.4 Å². The van der Waals surface area contributed by atoms with Crippen LogP contribution in [-0.4, -0.2) is 45.4 Å². The lowest BCUT2D eigenvalue weighted by Gasteiger charge is -2.32. The maximum Gasteiger partial charge on any atom is 0.411 e. The average Bonchev–Trinajstić information content (AvgIpc) is 3.36. The summed E-state index contributed by atoms with van der Waals surface area (Å²) >= 11 is 6.09. The Morgan fingerprint density at radius 2 is 2.15 bits per heavy atom. The van der Waals surface area contributed by atoms with Crippen LogP contribution in [0.5, 0.6) is 0 Å². The van der Waals surface area contributed by atoms with Crippen LogP contribution in [0.15, 0.2) is 12.3 Å². The number of rotatable bonds is 4. The maximum absolute atomic E-state index is 12.6. The first-order chi connectivity index (χ1) is 12.6. The van der Waals surface area contributed by atoms with E-state index in [-0.39, 0.29) is 29.9 Å². The number of ether oxygens (including phenoxy) is 1. The number of nitrogens with zero attached hydrogens (tertiary/aromatic N) is 2. The van der Waals surface area contributed by atoms with Crippen molar-refractivity contribution in [2.24, 2.45) is 0 Å². The van der Waals surface area contributed by atoms with Crippen LogP contribution in [0.25, 0.3) is 0 Å². The second-order valence-electron chi connectivity index (χ2n) is 7.36. The number of carbonyl (C=O) groups is 2. The fourth-order valence-corrected chi connectivity index (χ4v) is 2.64. The van der Waals surface area contributed by atoms with Gasteiger partial charge in [-0.2, -0.15) is 0 Å². The van der Waals surface area contributed by atoms with Crippen molar-refractivity contribution in [2.45, 2.75) is 58.2 Å². The topological polar surface area (TPSA) is 91.8 Å². The van der Waals surface area contributed by atoms with E-state index in [1.807, 2.05) is 27.7 Å². The van der Waals surface area contributed by atoms with Crippen LogP contribution in [0.4, 0.5) is 9.59 Å². The van der Waals surface area contributed by atoms with E-state index in [9.17, 15) is 9.59 Å². The van der Waals surface area contributed by atoms with Crippen molar-refractivity contribution in [3.05, 3.63) is 28.5 Å². The first-order valence-corrected chi connectivity index (χ1v) is 9.08. The van der Waals surface area contributed by atoms with E-state index in [2.05, 4.69) is 22.1 Å². The van der Waals surface area contributed by atoms with Gasteiger partial charge in [-0.15, -0.1) is 0 Å². The molecule has 8 heteroatoms. The lowest BCUT2D eigenvalue weighted by molar-refractivity contribution is 0.0153. The Labute approximate surface area is 164 Å². The highest BCUT2D eigenvalue weighted by Gasteiger charge is 2.38. The van der Waals surface area contributed by atoms with E-state index in [0.29, 0.717) is 5.56 Å². The highest BCUT2D eigenvalue weighted by Crippen LogP contribution is 2.36. The van der Waals surface area contributed by atoms with E-state index in [1.54, 1.807) is 17.2 Å².